The van der Waals surface area contributed by atoms with E-state index in [2.05, 4.69) is 194 Å². The quantitative estimate of drug-likeness (QED) is 0.119. The molecule has 4 N–H and O–H groups in total. The summed E-state index contributed by atoms with van der Waals surface area (Å²) in [5, 5.41) is 13.3. The molecule has 2 nitrogen and oxygen atoms in total. The van der Waals surface area contributed by atoms with Crippen LogP contribution in [0.4, 0.5) is 0 Å². The van der Waals surface area contributed by atoms with E-state index in [1.165, 1.54) is 64.5 Å². The molecule has 0 unspecified atom stereocenters. The van der Waals surface area contributed by atoms with Crippen molar-refractivity contribution in [2.75, 3.05) is 0 Å². The Labute approximate surface area is 304 Å². The third-order valence-electron chi connectivity index (χ3n) is 8.60. The zero-order valence-electron chi connectivity index (χ0n) is 26.7. The first-order valence-corrected chi connectivity index (χ1v) is 18.4. The molecule has 0 spiro atoms. The SMILES string of the molecule is O.O.[Pd+2].c1ccc(P(c2ccccc2)c2ccc3ccccc3c2-c2c(P(c3ccccc3)c3ccccc3)ccc3ccccc23)cc1. The molecule has 8 aromatic rings. The van der Waals surface area contributed by atoms with E-state index in [0.717, 1.165) is 0 Å². The molecule has 8 aromatic carbocycles. The predicted molar refractivity (Wildman–Crippen MR) is 212 cm³/mol. The fourth-order valence-corrected chi connectivity index (χ4v) is 11.5. The van der Waals surface area contributed by atoms with Crippen LogP contribution in [0.25, 0.3) is 32.7 Å². The summed E-state index contributed by atoms with van der Waals surface area (Å²) < 4.78 is 0. The van der Waals surface area contributed by atoms with Crippen molar-refractivity contribution in [3.8, 4) is 11.1 Å². The van der Waals surface area contributed by atoms with Crippen LogP contribution in [0.2, 0.25) is 0 Å². The van der Waals surface area contributed by atoms with E-state index in [-0.39, 0.29) is 31.4 Å². The molecule has 242 valence electrons. The van der Waals surface area contributed by atoms with Crippen LogP contribution in [-0.2, 0) is 20.4 Å². The van der Waals surface area contributed by atoms with Gasteiger partial charge in [-0.1, -0.05) is 194 Å². The molecule has 0 saturated heterocycles. The van der Waals surface area contributed by atoms with Gasteiger partial charge in [-0.25, -0.2) is 0 Å². The molecule has 0 saturated carbocycles. The van der Waals surface area contributed by atoms with Crippen LogP contribution >= 0.6 is 15.8 Å². The second kappa shape index (κ2) is 16.4. The molecular formula is C44H36O2P2Pd+2. The number of benzene rings is 8. The van der Waals surface area contributed by atoms with E-state index in [4.69, 9.17) is 0 Å². The summed E-state index contributed by atoms with van der Waals surface area (Å²) in [6.45, 7) is 0. The van der Waals surface area contributed by atoms with Crippen LogP contribution in [0.1, 0.15) is 0 Å². The fourth-order valence-electron chi connectivity index (χ4n) is 6.58. The van der Waals surface area contributed by atoms with E-state index in [1.807, 2.05) is 0 Å². The van der Waals surface area contributed by atoms with Crippen molar-refractivity contribution < 1.29 is 31.4 Å². The molecule has 0 bridgehead atoms. The predicted octanol–water partition coefficient (Wildman–Crippen LogP) is 7.52. The number of rotatable bonds is 7. The van der Waals surface area contributed by atoms with Crippen LogP contribution in [-0.4, -0.2) is 11.0 Å². The fraction of sp³-hybridized carbons (Fsp3) is 0. The van der Waals surface area contributed by atoms with E-state index in [9.17, 15) is 0 Å². The van der Waals surface area contributed by atoms with E-state index >= 15 is 0 Å². The second-order valence-electron chi connectivity index (χ2n) is 11.4. The van der Waals surface area contributed by atoms with Gasteiger partial charge in [0.1, 0.15) is 0 Å². The zero-order valence-corrected chi connectivity index (χ0v) is 30.0. The van der Waals surface area contributed by atoms with Crippen LogP contribution < -0.4 is 31.8 Å². The van der Waals surface area contributed by atoms with Gasteiger partial charge < -0.3 is 11.0 Å². The van der Waals surface area contributed by atoms with Gasteiger partial charge >= 0.3 is 20.4 Å². The van der Waals surface area contributed by atoms with Gasteiger partial charge in [-0.3, -0.25) is 0 Å². The molecule has 0 heterocycles. The Morgan fingerprint density at radius 1 is 0.265 bits per heavy atom. The van der Waals surface area contributed by atoms with Crippen molar-refractivity contribution in [3.05, 3.63) is 194 Å². The normalized spacial score (nSPS) is 10.7. The van der Waals surface area contributed by atoms with Gasteiger partial charge in [-0.05, 0) is 80.3 Å². The summed E-state index contributed by atoms with van der Waals surface area (Å²) in [5.74, 6) is 0. The molecule has 8 rings (SSSR count). The van der Waals surface area contributed by atoms with E-state index in [1.54, 1.807) is 0 Å². The minimum absolute atomic E-state index is 0. The van der Waals surface area contributed by atoms with Crippen LogP contribution in [0.3, 0.4) is 0 Å². The van der Waals surface area contributed by atoms with Gasteiger partial charge in [0, 0.05) is 0 Å². The van der Waals surface area contributed by atoms with E-state index in [0.29, 0.717) is 0 Å². The second-order valence-corrected chi connectivity index (χ2v) is 15.7. The van der Waals surface area contributed by atoms with Crippen LogP contribution in [0.5, 0.6) is 0 Å². The van der Waals surface area contributed by atoms with Crippen molar-refractivity contribution in [1.82, 2.24) is 0 Å². The average molecular weight is 765 g/mol. The minimum Gasteiger partial charge on any atom is -0.412 e. The van der Waals surface area contributed by atoms with Crippen molar-refractivity contribution in [3.63, 3.8) is 0 Å². The largest absolute Gasteiger partial charge is 2.00 e. The first-order chi connectivity index (χ1) is 22.9. The minimum atomic E-state index is -0.852. The van der Waals surface area contributed by atoms with Crippen molar-refractivity contribution in [1.29, 1.82) is 0 Å². The Morgan fingerprint density at radius 2 is 0.531 bits per heavy atom. The van der Waals surface area contributed by atoms with Gasteiger partial charge in [-0.2, -0.15) is 0 Å². The summed E-state index contributed by atoms with van der Waals surface area (Å²) >= 11 is 0. The molecule has 0 aliphatic rings. The molecule has 0 aromatic heterocycles. The molecule has 49 heavy (non-hydrogen) atoms. The summed E-state index contributed by atoms with van der Waals surface area (Å²) in [5.41, 5.74) is 2.70. The molecular weight excluding hydrogens is 729 g/mol. The van der Waals surface area contributed by atoms with Crippen molar-refractivity contribution in [2.45, 2.75) is 0 Å². The molecule has 0 amide bonds. The van der Waals surface area contributed by atoms with Gasteiger partial charge in [0.2, 0.25) is 0 Å². The Morgan fingerprint density at radius 3 is 0.837 bits per heavy atom. The van der Waals surface area contributed by atoms with Gasteiger partial charge in [0.05, 0.1) is 0 Å². The van der Waals surface area contributed by atoms with E-state index < -0.39 is 15.8 Å². The summed E-state index contributed by atoms with van der Waals surface area (Å²) in [6.07, 6.45) is 0. The monoisotopic (exact) mass is 764 g/mol. The standard InChI is InChI=1S/C44H32P2.2H2O.Pd/c1-5-19-35(20-6-1)45(36-21-7-2-8-22-36)41-31-29-33-17-13-15-27-39(33)43(41)44-40-28-16-14-18-34(40)30-32-42(44)46(37-23-9-3-10-24-37)38-25-11-4-12-26-38;;;/h1-32H;2*1H2;/q;;;+2. The molecule has 0 atom stereocenters. The number of fused-ring (bicyclic) bond motifs is 2. The van der Waals surface area contributed by atoms with Gasteiger partial charge in [0.15, 0.2) is 0 Å². The number of hydrogen-bond acceptors (Lipinski definition) is 0. The Kier molecular flexibility index (Phi) is 12.1. The summed E-state index contributed by atoms with van der Waals surface area (Å²) in [7, 11) is -1.70. The molecule has 0 aliphatic carbocycles. The summed E-state index contributed by atoms with van der Waals surface area (Å²) in [4.78, 5) is 0. The topological polar surface area (TPSA) is 63.0 Å². The third kappa shape index (κ3) is 7.07. The first kappa shape index (κ1) is 36.0. The maximum absolute atomic E-state index is 2.42. The van der Waals surface area contributed by atoms with Gasteiger partial charge in [0.25, 0.3) is 0 Å². The molecule has 5 heteroatoms. The number of hydrogen-bond donors (Lipinski definition) is 0. The molecule has 0 aliphatic heterocycles. The van der Waals surface area contributed by atoms with Crippen molar-refractivity contribution >= 4 is 69.2 Å². The third-order valence-corrected chi connectivity index (χ3v) is 13.6. The Balaban J connectivity index is 0.00000156. The average Bonchev–Trinajstić information content (AvgIpc) is 3.14. The smallest absolute Gasteiger partial charge is 0.412 e. The maximum Gasteiger partial charge on any atom is 2.00 e. The Bertz CT molecular complexity index is 2020. The van der Waals surface area contributed by atoms with Gasteiger partial charge in [-0.15, -0.1) is 0 Å². The first-order valence-electron chi connectivity index (χ1n) is 15.7. The summed E-state index contributed by atoms with van der Waals surface area (Å²) in [6, 6.07) is 71.8. The van der Waals surface area contributed by atoms with Crippen LogP contribution in [0.15, 0.2) is 194 Å². The molecule has 0 fully saturated rings. The maximum atomic E-state index is 2.42. The van der Waals surface area contributed by atoms with Crippen LogP contribution in [0, 0.1) is 0 Å². The van der Waals surface area contributed by atoms with Crippen molar-refractivity contribution in [2.24, 2.45) is 0 Å². The Hall–Kier alpha value is -4.28. The molecule has 0 radical (unpaired) electrons. The zero-order chi connectivity index (χ0) is 30.7.